The lowest BCUT2D eigenvalue weighted by Gasteiger charge is -2.34. The van der Waals surface area contributed by atoms with Gasteiger partial charge in [0.15, 0.2) is 0 Å². The van der Waals surface area contributed by atoms with Crippen LogP contribution in [0, 0.1) is 11.8 Å². The highest BCUT2D eigenvalue weighted by Crippen LogP contribution is 2.35. The normalized spacial score (nSPS) is 37.6. The van der Waals surface area contributed by atoms with Gasteiger partial charge in [0, 0.05) is 13.2 Å². The first-order valence-corrected chi connectivity index (χ1v) is 5.62. The van der Waals surface area contributed by atoms with Crippen LogP contribution in [0.2, 0.25) is 0 Å². The van der Waals surface area contributed by atoms with Crippen LogP contribution in [0.5, 0.6) is 0 Å². The molecule has 2 aliphatic rings. The van der Waals surface area contributed by atoms with Gasteiger partial charge in [-0.25, -0.2) is 0 Å². The fraction of sp³-hybridized carbons (Fsp3) is 1.00. The molecule has 1 saturated carbocycles. The molecule has 0 aromatic heterocycles. The van der Waals surface area contributed by atoms with Gasteiger partial charge in [-0.15, -0.1) is 0 Å². The van der Waals surface area contributed by atoms with Crippen LogP contribution in [0.3, 0.4) is 0 Å². The SMILES string of the molecule is O[C@H]1CCC[C@H](C2CCOCC2)C1. The first-order chi connectivity index (χ1) is 6.36. The lowest BCUT2D eigenvalue weighted by Crippen LogP contribution is -2.29. The Morgan fingerprint density at radius 2 is 1.69 bits per heavy atom. The standard InChI is InChI=1S/C11H20O2/c12-11-3-1-2-10(8-11)9-4-6-13-7-5-9/h9-12H,1-8H2/t10-,11-/m0/s1. The van der Waals surface area contributed by atoms with Crippen LogP contribution >= 0.6 is 0 Å². The summed E-state index contributed by atoms with van der Waals surface area (Å²) in [6, 6.07) is 0. The van der Waals surface area contributed by atoms with Gasteiger partial charge < -0.3 is 9.84 Å². The molecule has 1 aliphatic heterocycles. The molecule has 0 radical (unpaired) electrons. The van der Waals surface area contributed by atoms with Crippen LogP contribution in [0.1, 0.15) is 38.5 Å². The Kier molecular flexibility index (Phi) is 3.23. The van der Waals surface area contributed by atoms with E-state index < -0.39 is 0 Å². The molecule has 0 bridgehead atoms. The lowest BCUT2D eigenvalue weighted by molar-refractivity contribution is 0.0165. The molecular weight excluding hydrogens is 164 g/mol. The topological polar surface area (TPSA) is 29.5 Å². The van der Waals surface area contributed by atoms with Gasteiger partial charge in [0.2, 0.25) is 0 Å². The lowest BCUT2D eigenvalue weighted by atomic mass is 9.76. The summed E-state index contributed by atoms with van der Waals surface area (Å²) in [5.41, 5.74) is 0. The molecule has 76 valence electrons. The van der Waals surface area contributed by atoms with Crippen LogP contribution in [0.15, 0.2) is 0 Å². The highest BCUT2D eigenvalue weighted by molar-refractivity contribution is 4.79. The van der Waals surface area contributed by atoms with Crippen molar-refractivity contribution in [2.24, 2.45) is 11.8 Å². The molecule has 13 heavy (non-hydrogen) atoms. The molecule has 1 saturated heterocycles. The summed E-state index contributed by atoms with van der Waals surface area (Å²) < 4.78 is 5.35. The van der Waals surface area contributed by atoms with E-state index in [0.717, 1.165) is 37.9 Å². The summed E-state index contributed by atoms with van der Waals surface area (Å²) in [5.74, 6) is 1.62. The molecular formula is C11H20O2. The minimum atomic E-state index is -0.0124. The molecule has 0 amide bonds. The van der Waals surface area contributed by atoms with E-state index in [1.54, 1.807) is 0 Å². The van der Waals surface area contributed by atoms with E-state index in [1.165, 1.54) is 25.7 Å². The van der Waals surface area contributed by atoms with E-state index in [0.29, 0.717) is 0 Å². The minimum Gasteiger partial charge on any atom is -0.393 e. The number of aliphatic hydroxyl groups excluding tert-OH is 1. The summed E-state index contributed by atoms with van der Waals surface area (Å²) in [6.07, 6.45) is 7.06. The highest BCUT2D eigenvalue weighted by atomic mass is 16.5. The third-order valence-electron chi connectivity index (χ3n) is 3.62. The average molecular weight is 184 g/mol. The zero-order chi connectivity index (χ0) is 9.10. The fourth-order valence-electron chi connectivity index (χ4n) is 2.82. The average Bonchev–Trinajstić information content (AvgIpc) is 2.19. The predicted octanol–water partition coefficient (Wildman–Crippen LogP) is 1.96. The van der Waals surface area contributed by atoms with Gasteiger partial charge in [0.1, 0.15) is 0 Å². The second kappa shape index (κ2) is 4.43. The van der Waals surface area contributed by atoms with Crippen molar-refractivity contribution in [3.05, 3.63) is 0 Å². The largest absolute Gasteiger partial charge is 0.393 e. The smallest absolute Gasteiger partial charge is 0.0543 e. The van der Waals surface area contributed by atoms with Gasteiger partial charge in [-0.3, -0.25) is 0 Å². The zero-order valence-electron chi connectivity index (χ0n) is 8.24. The van der Waals surface area contributed by atoms with Crippen LogP contribution in [0.4, 0.5) is 0 Å². The Morgan fingerprint density at radius 3 is 2.38 bits per heavy atom. The summed E-state index contributed by atoms with van der Waals surface area (Å²) in [7, 11) is 0. The highest BCUT2D eigenvalue weighted by Gasteiger charge is 2.28. The third kappa shape index (κ3) is 2.44. The first kappa shape index (κ1) is 9.47. The van der Waals surface area contributed by atoms with Crippen molar-refractivity contribution in [1.82, 2.24) is 0 Å². The predicted molar refractivity (Wildman–Crippen MR) is 51.5 cm³/mol. The number of rotatable bonds is 1. The maximum absolute atomic E-state index is 9.58. The molecule has 2 atom stereocenters. The fourth-order valence-corrected chi connectivity index (χ4v) is 2.82. The molecule has 1 aliphatic carbocycles. The number of hydrogen-bond acceptors (Lipinski definition) is 2. The Balaban J connectivity index is 1.83. The second-order valence-corrected chi connectivity index (χ2v) is 4.53. The Labute approximate surface area is 80.3 Å². The Bertz CT molecular complexity index is 152. The number of hydrogen-bond donors (Lipinski definition) is 1. The van der Waals surface area contributed by atoms with Gasteiger partial charge >= 0.3 is 0 Å². The molecule has 2 rings (SSSR count). The number of aliphatic hydroxyl groups is 1. The first-order valence-electron chi connectivity index (χ1n) is 5.62. The second-order valence-electron chi connectivity index (χ2n) is 4.53. The van der Waals surface area contributed by atoms with Gasteiger partial charge in [0.05, 0.1) is 6.10 Å². The molecule has 2 heteroatoms. The third-order valence-corrected chi connectivity index (χ3v) is 3.62. The van der Waals surface area contributed by atoms with Crippen molar-refractivity contribution < 1.29 is 9.84 Å². The Morgan fingerprint density at radius 1 is 0.923 bits per heavy atom. The van der Waals surface area contributed by atoms with Crippen molar-refractivity contribution in [2.45, 2.75) is 44.6 Å². The Hall–Kier alpha value is -0.0800. The van der Waals surface area contributed by atoms with Gasteiger partial charge in [-0.05, 0) is 43.9 Å². The van der Waals surface area contributed by atoms with Gasteiger partial charge in [-0.1, -0.05) is 6.42 Å². The van der Waals surface area contributed by atoms with Crippen molar-refractivity contribution in [1.29, 1.82) is 0 Å². The summed E-state index contributed by atoms with van der Waals surface area (Å²) >= 11 is 0. The molecule has 0 aromatic rings. The van der Waals surface area contributed by atoms with Crippen LogP contribution in [-0.2, 0) is 4.74 Å². The van der Waals surface area contributed by atoms with E-state index in [-0.39, 0.29) is 6.10 Å². The van der Waals surface area contributed by atoms with E-state index in [1.807, 2.05) is 0 Å². The molecule has 0 aromatic carbocycles. The van der Waals surface area contributed by atoms with Crippen molar-refractivity contribution in [3.63, 3.8) is 0 Å². The molecule has 0 spiro atoms. The van der Waals surface area contributed by atoms with E-state index >= 15 is 0 Å². The molecule has 2 nitrogen and oxygen atoms in total. The molecule has 2 fully saturated rings. The van der Waals surface area contributed by atoms with Crippen molar-refractivity contribution in [3.8, 4) is 0 Å². The van der Waals surface area contributed by atoms with Gasteiger partial charge in [0.25, 0.3) is 0 Å². The minimum absolute atomic E-state index is 0.0124. The van der Waals surface area contributed by atoms with Crippen LogP contribution in [0.25, 0.3) is 0 Å². The number of ether oxygens (including phenoxy) is 1. The van der Waals surface area contributed by atoms with Crippen LogP contribution in [-0.4, -0.2) is 24.4 Å². The monoisotopic (exact) mass is 184 g/mol. The molecule has 1 heterocycles. The van der Waals surface area contributed by atoms with Crippen molar-refractivity contribution in [2.75, 3.05) is 13.2 Å². The van der Waals surface area contributed by atoms with E-state index in [4.69, 9.17) is 4.74 Å². The van der Waals surface area contributed by atoms with Crippen LogP contribution < -0.4 is 0 Å². The van der Waals surface area contributed by atoms with E-state index in [2.05, 4.69) is 0 Å². The maximum atomic E-state index is 9.58. The van der Waals surface area contributed by atoms with Crippen molar-refractivity contribution >= 4 is 0 Å². The van der Waals surface area contributed by atoms with Gasteiger partial charge in [-0.2, -0.15) is 0 Å². The molecule has 0 unspecified atom stereocenters. The molecule has 1 N–H and O–H groups in total. The summed E-state index contributed by atoms with van der Waals surface area (Å²) in [5, 5.41) is 9.58. The quantitative estimate of drug-likeness (QED) is 0.675. The summed E-state index contributed by atoms with van der Waals surface area (Å²) in [6.45, 7) is 1.88. The summed E-state index contributed by atoms with van der Waals surface area (Å²) in [4.78, 5) is 0. The zero-order valence-corrected chi connectivity index (χ0v) is 8.24. The van der Waals surface area contributed by atoms with E-state index in [9.17, 15) is 5.11 Å². The maximum Gasteiger partial charge on any atom is 0.0543 e.